The third kappa shape index (κ3) is 3.55. The summed E-state index contributed by atoms with van der Waals surface area (Å²) in [6.07, 6.45) is 2.13. The fourth-order valence-electron chi connectivity index (χ4n) is 3.72. The number of hydrogen-bond donors (Lipinski definition) is 2. The zero-order chi connectivity index (χ0) is 19.8. The Labute approximate surface area is 169 Å². The predicted molar refractivity (Wildman–Crippen MR) is 113 cm³/mol. The van der Waals surface area contributed by atoms with E-state index in [0.717, 1.165) is 46.4 Å². The molecule has 1 aromatic heterocycles. The number of halogens is 1. The number of pyridine rings is 1. The van der Waals surface area contributed by atoms with Crippen LogP contribution in [0.15, 0.2) is 36.4 Å². The molecule has 0 spiro atoms. The first-order valence-corrected chi connectivity index (χ1v) is 9.69. The van der Waals surface area contributed by atoms with Crippen molar-refractivity contribution in [3.63, 3.8) is 0 Å². The van der Waals surface area contributed by atoms with Gasteiger partial charge in [-0.1, -0.05) is 11.6 Å². The van der Waals surface area contributed by atoms with Crippen molar-refractivity contribution in [1.29, 1.82) is 0 Å². The highest BCUT2D eigenvalue weighted by atomic mass is 35.5. The van der Waals surface area contributed by atoms with E-state index in [1.54, 1.807) is 6.07 Å². The van der Waals surface area contributed by atoms with Crippen molar-refractivity contribution >= 4 is 39.7 Å². The summed E-state index contributed by atoms with van der Waals surface area (Å²) in [4.78, 5) is 19.4. The summed E-state index contributed by atoms with van der Waals surface area (Å²) in [5.41, 5.74) is 4.66. The minimum Gasteiger partial charge on any atom is -0.508 e. The highest BCUT2D eigenvalue weighted by Gasteiger charge is 2.25. The number of benzene rings is 2. The molecule has 0 aliphatic heterocycles. The topological polar surface area (TPSA) is 65.5 Å². The number of fused-ring (bicyclic) bond motifs is 2. The number of aromatic nitrogens is 1. The van der Waals surface area contributed by atoms with E-state index in [-0.39, 0.29) is 11.5 Å². The standard InChI is InChI=1S/C22H22ClN3O2/c1-26(2)12-13-10-15(7-9-19(13)27)24-22-16-8-6-14(23)11-18(16)25-17-4-3-5-20(28)21(17)22/h6-11,27H,3-5,12H2,1-2H3,(H,24,25). The number of anilines is 2. The van der Waals surface area contributed by atoms with Crippen LogP contribution in [0.1, 0.15) is 34.5 Å². The van der Waals surface area contributed by atoms with Crippen molar-refractivity contribution in [1.82, 2.24) is 9.88 Å². The first-order chi connectivity index (χ1) is 13.4. The van der Waals surface area contributed by atoms with Gasteiger partial charge in [-0.2, -0.15) is 0 Å². The lowest BCUT2D eigenvalue weighted by atomic mass is 9.91. The van der Waals surface area contributed by atoms with Gasteiger partial charge in [-0.25, -0.2) is 0 Å². The van der Waals surface area contributed by atoms with E-state index in [4.69, 9.17) is 16.6 Å². The molecule has 1 heterocycles. The zero-order valence-electron chi connectivity index (χ0n) is 15.9. The summed E-state index contributed by atoms with van der Waals surface area (Å²) in [5.74, 6) is 0.365. The number of ketones is 1. The second kappa shape index (κ2) is 7.41. The summed E-state index contributed by atoms with van der Waals surface area (Å²) >= 11 is 6.17. The maximum Gasteiger partial charge on any atom is 0.166 e. The normalized spacial score (nSPS) is 13.8. The number of nitrogens with zero attached hydrogens (tertiary/aromatic N) is 2. The molecule has 0 atom stereocenters. The lowest BCUT2D eigenvalue weighted by molar-refractivity contribution is 0.0972. The van der Waals surface area contributed by atoms with Crippen molar-refractivity contribution in [3.05, 3.63) is 58.2 Å². The lowest BCUT2D eigenvalue weighted by Gasteiger charge is -2.21. The molecule has 0 saturated carbocycles. The molecule has 0 fully saturated rings. The zero-order valence-corrected chi connectivity index (χ0v) is 16.7. The van der Waals surface area contributed by atoms with Crippen LogP contribution >= 0.6 is 11.6 Å². The number of carbonyl (C=O) groups excluding carboxylic acids is 1. The number of aryl methyl sites for hydroxylation is 1. The maximum atomic E-state index is 12.7. The predicted octanol–water partition coefficient (Wildman–Crippen LogP) is 4.92. The minimum absolute atomic E-state index is 0.111. The summed E-state index contributed by atoms with van der Waals surface area (Å²) in [7, 11) is 3.91. The second-order valence-electron chi connectivity index (χ2n) is 7.45. The molecule has 0 unspecified atom stereocenters. The van der Waals surface area contributed by atoms with E-state index in [9.17, 15) is 9.90 Å². The number of aromatic hydroxyl groups is 1. The van der Waals surface area contributed by atoms with E-state index < -0.39 is 0 Å². The quantitative estimate of drug-likeness (QED) is 0.614. The number of rotatable bonds is 4. The van der Waals surface area contributed by atoms with Gasteiger partial charge in [0, 0.05) is 34.6 Å². The van der Waals surface area contributed by atoms with Crippen molar-refractivity contribution in [2.24, 2.45) is 0 Å². The molecule has 0 saturated heterocycles. The van der Waals surface area contributed by atoms with Gasteiger partial charge in [0.1, 0.15) is 5.75 Å². The Morgan fingerprint density at radius 3 is 2.79 bits per heavy atom. The van der Waals surface area contributed by atoms with Crippen LogP contribution in [0.3, 0.4) is 0 Å². The summed E-state index contributed by atoms with van der Waals surface area (Å²) < 4.78 is 0. The summed E-state index contributed by atoms with van der Waals surface area (Å²) in [5, 5.41) is 15.1. The summed E-state index contributed by atoms with van der Waals surface area (Å²) in [6, 6.07) is 10.9. The summed E-state index contributed by atoms with van der Waals surface area (Å²) in [6.45, 7) is 0.616. The van der Waals surface area contributed by atoms with Gasteiger partial charge in [0.25, 0.3) is 0 Å². The Bertz CT molecular complexity index is 1080. The van der Waals surface area contributed by atoms with Crippen LogP contribution in [0.5, 0.6) is 5.75 Å². The van der Waals surface area contributed by atoms with E-state index in [2.05, 4.69) is 5.32 Å². The Morgan fingerprint density at radius 2 is 2.00 bits per heavy atom. The Hall–Kier alpha value is -2.63. The number of phenolic OH excluding ortho intramolecular Hbond substituents is 1. The van der Waals surface area contributed by atoms with Crippen LogP contribution in [0.4, 0.5) is 11.4 Å². The van der Waals surface area contributed by atoms with Gasteiger partial charge in [0.15, 0.2) is 5.78 Å². The molecule has 1 aliphatic carbocycles. The smallest absolute Gasteiger partial charge is 0.166 e. The maximum absolute atomic E-state index is 12.7. The van der Waals surface area contributed by atoms with Crippen LogP contribution < -0.4 is 5.32 Å². The number of carbonyl (C=O) groups is 1. The molecule has 2 aromatic carbocycles. The van der Waals surface area contributed by atoms with Crippen molar-refractivity contribution in [3.8, 4) is 5.75 Å². The number of Topliss-reactive ketones (excluding diaryl/α,β-unsaturated/α-hetero) is 1. The van der Waals surface area contributed by atoms with Crippen molar-refractivity contribution in [2.45, 2.75) is 25.8 Å². The molecule has 144 valence electrons. The second-order valence-corrected chi connectivity index (χ2v) is 7.89. The molecule has 4 rings (SSSR count). The highest BCUT2D eigenvalue weighted by molar-refractivity contribution is 6.31. The average molecular weight is 396 g/mol. The molecule has 6 heteroatoms. The minimum atomic E-state index is 0.111. The van der Waals surface area contributed by atoms with E-state index in [0.29, 0.717) is 23.6 Å². The molecule has 1 aliphatic rings. The Kier molecular flexibility index (Phi) is 4.96. The van der Waals surface area contributed by atoms with Gasteiger partial charge in [0.05, 0.1) is 22.5 Å². The van der Waals surface area contributed by atoms with E-state index in [1.807, 2.05) is 49.3 Å². The van der Waals surface area contributed by atoms with Gasteiger partial charge in [-0.3, -0.25) is 9.78 Å². The van der Waals surface area contributed by atoms with E-state index >= 15 is 0 Å². The monoisotopic (exact) mass is 395 g/mol. The molecule has 0 radical (unpaired) electrons. The third-order valence-corrected chi connectivity index (χ3v) is 5.19. The average Bonchev–Trinajstić information content (AvgIpc) is 2.63. The molecule has 2 N–H and O–H groups in total. The molecule has 0 bridgehead atoms. The molecular formula is C22H22ClN3O2. The number of phenols is 1. The van der Waals surface area contributed by atoms with Gasteiger partial charge >= 0.3 is 0 Å². The van der Waals surface area contributed by atoms with Gasteiger partial charge in [0.2, 0.25) is 0 Å². The molecule has 0 amide bonds. The van der Waals surface area contributed by atoms with Crippen LogP contribution in [0, 0.1) is 0 Å². The van der Waals surface area contributed by atoms with Gasteiger partial charge in [-0.15, -0.1) is 0 Å². The van der Waals surface area contributed by atoms with Crippen LogP contribution in [0.25, 0.3) is 10.9 Å². The number of nitrogens with one attached hydrogen (secondary N) is 1. The van der Waals surface area contributed by atoms with E-state index in [1.165, 1.54) is 0 Å². The van der Waals surface area contributed by atoms with Crippen LogP contribution in [0.2, 0.25) is 5.02 Å². The molecule has 3 aromatic rings. The largest absolute Gasteiger partial charge is 0.508 e. The fraction of sp³-hybridized carbons (Fsp3) is 0.273. The first-order valence-electron chi connectivity index (χ1n) is 9.31. The van der Waals surface area contributed by atoms with Crippen LogP contribution in [-0.4, -0.2) is 34.9 Å². The highest BCUT2D eigenvalue weighted by Crippen LogP contribution is 2.36. The number of hydrogen-bond acceptors (Lipinski definition) is 5. The van der Waals surface area contributed by atoms with Crippen LogP contribution in [-0.2, 0) is 13.0 Å². The Balaban J connectivity index is 1.86. The Morgan fingerprint density at radius 1 is 1.18 bits per heavy atom. The molecular weight excluding hydrogens is 374 g/mol. The van der Waals surface area contributed by atoms with Gasteiger partial charge < -0.3 is 15.3 Å². The molecule has 28 heavy (non-hydrogen) atoms. The lowest BCUT2D eigenvalue weighted by Crippen LogP contribution is -2.16. The third-order valence-electron chi connectivity index (χ3n) is 4.95. The van der Waals surface area contributed by atoms with Gasteiger partial charge in [-0.05, 0) is 63.3 Å². The molecule has 5 nitrogen and oxygen atoms in total. The fourth-order valence-corrected chi connectivity index (χ4v) is 3.88. The SMILES string of the molecule is CN(C)Cc1cc(Nc2c3c(nc4cc(Cl)ccc24)CCCC3=O)ccc1O. The van der Waals surface area contributed by atoms with Crippen molar-refractivity contribution in [2.75, 3.05) is 19.4 Å². The first kappa shape index (κ1) is 18.7. The van der Waals surface area contributed by atoms with Crippen molar-refractivity contribution < 1.29 is 9.90 Å².